The molecule has 22 heavy (non-hydrogen) atoms. The maximum absolute atomic E-state index is 12.9. The number of aromatic nitrogens is 1. The third-order valence-corrected chi connectivity index (χ3v) is 4.65. The van der Waals surface area contributed by atoms with Gasteiger partial charge in [-0.15, -0.1) is 0 Å². The largest absolute Gasteiger partial charge is 0.359 e. The molecule has 0 unspecified atom stereocenters. The molecule has 0 spiro atoms. The van der Waals surface area contributed by atoms with Gasteiger partial charge in [0, 0.05) is 26.7 Å². The minimum atomic E-state index is 0.0500. The van der Waals surface area contributed by atoms with Crippen molar-refractivity contribution in [2.45, 2.75) is 51.5 Å². The van der Waals surface area contributed by atoms with Gasteiger partial charge in [-0.2, -0.15) is 0 Å². The maximum atomic E-state index is 12.9. The zero-order valence-corrected chi connectivity index (χ0v) is 14.6. The van der Waals surface area contributed by atoms with E-state index >= 15 is 0 Å². The van der Waals surface area contributed by atoms with E-state index in [1.807, 2.05) is 23.9 Å². The molecule has 1 saturated carbocycles. The van der Waals surface area contributed by atoms with Crippen molar-refractivity contribution >= 4 is 23.3 Å². The van der Waals surface area contributed by atoms with Gasteiger partial charge in [-0.05, 0) is 31.4 Å². The lowest BCUT2D eigenvalue weighted by atomic mass is 9.94. The Balaban J connectivity index is 2.24. The minimum Gasteiger partial charge on any atom is -0.359 e. The molecule has 5 heteroatoms. The fourth-order valence-corrected chi connectivity index (χ4v) is 3.29. The first-order chi connectivity index (χ1) is 10.5. The summed E-state index contributed by atoms with van der Waals surface area (Å²) in [5, 5.41) is 0.426. The van der Waals surface area contributed by atoms with Crippen molar-refractivity contribution in [3.8, 4) is 0 Å². The number of hydrogen-bond donors (Lipinski definition) is 0. The molecule has 2 rings (SSSR count). The lowest BCUT2D eigenvalue weighted by Crippen LogP contribution is -2.39. The van der Waals surface area contributed by atoms with Gasteiger partial charge in [0.1, 0.15) is 11.0 Å². The van der Waals surface area contributed by atoms with Gasteiger partial charge >= 0.3 is 0 Å². The Morgan fingerprint density at radius 2 is 1.95 bits per heavy atom. The zero-order chi connectivity index (χ0) is 16.1. The average Bonchev–Trinajstić information content (AvgIpc) is 2.54. The summed E-state index contributed by atoms with van der Waals surface area (Å²) < 4.78 is 0. The summed E-state index contributed by atoms with van der Waals surface area (Å²) in [6, 6.07) is 3.85. The van der Waals surface area contributed by atoms with Crippen LogP contribution in [0.15, 0.2) is 12.1 Å². The number of carbonyl (C=O) groups excluding carboxylic acids is 1. The Labute approximate surface area is 138 Å². The summed E-state index contributed by atoms with van der Waals surface area (Å²) in [6.45, 7) is 2.96. The van der Waals surface area contributed by atoms with Crippen LogP contribution < -0.4 is 4.90 Å². The summed E-state index contributed by atoms with van der Waals surface area (Å²) in [4.78, 5) is 21.2. The van der Waals surface area contributed by atoms with E-state index in [0.717, 1.165) is 25.8 Å². The number of rotatable bonds is 5. The van der Waals surface area contributed by atoms with Crippen molar-refractivity contribution in [1.29, 1.82) is 0 Å². The maximum Gasteiger partial charge on any atom is 0.257 e. The number of halogens is 1. The van der Waals surface area contributed by atoms with E-state index in [1.165, 1.54) is 19.3 Å². The second kappa shape index (κ2) is 7.82. The topological polar surface area (TPSA) is 36.4 Å². The molecule has 1 aromatic heterocycles. The highest BCUT2D eigenvalue weighted by Crippen LogP contribution is 2.26. The Morgan fingerprint density at radius 1 is 1.27 bits per heavy atom. The van der Waals surface area contributed by atoms with Gasteiger partial charge < -0.3 is 9.80 Å². The molecule has 0 aromatic carbocycles. The summed E-state index contributed by atoms with van der Waals surface area (Å²) in [5.41, 5.74) is 0.647. The number of anilines is 1. The third-order valence-electron chi connectivity index (χ3n) is 4.43. The van der Waals surface area contributed by atoms with Gasteiger partial charge in [-0.25, -0.2) is 4.98 Å². The first kappa shape index (κ1) is 17.1. The molecule has 0 bridgehead atoms. The van der Waals surface area contributed by atoms with E-state index in [9.17, 15) is 4.79 Å². The Morgan fingerprint density at radius 3 is 2.59 bits per heavy atom. The molecule has 0 saturated heterocycles. The molecule has 0 atom stereocenters. The van der Waals surface area contributed by atoms with Gasteiger partial charge in [0.25, 0.3) is 5.91 Å². The first-order valence-electron chi connectivity index (χ1n) is 8.19. The number of pyridine rings is 1. The van der Waals surface area contributed by atoms with E-state index in [2.05, 4.69) is 11.9 Å². The minimum absolute atomic E-state index is 0.0500. The molecule has 4 nitrogen and oxygen atoms in total. The fraction of sp³-hybridized carbons (Fsp3) is 0.647. The highest BCUT2D eigenvalue weighted by atomic mass is 35.5. The van der Waals surface area contributed by atoms with Crippen molar-refractivity contribution in [3.05, 3.63) is 22.8 Å². The standard InChI is InChI=1S/C17H26ClN3O/c1-4-12-20(2)16-14(10-11-15(18)19-16)17(22)21(3)13-8-6-5-7-9-13/h10-11,13H,4-9,12H2,1-3H3. The molecule has 122 valence electrons. The van der Waals surface area contributed by atoms with Gasteiger partial charge in [0.05, 0.1) is 5.56 Å². The molecule has 1 heterocycles. The van der Waals surface area contributed by atoms with Gasteiger partial charge in [0.15, 0.2) is 0 Å². The van der Waals surface area contributed by atoms with Crippen LogP contribution in [0, 0.1) is 0 Å². The van der Waals surface area contributed by atoms with Crippen molar-refractivity contribution < 1.29 is 4.79 Å². The Hall–Kier alpha value is -1.29. The number of amides is 1. The average molecular weight is 324 g/mol. The van der Waals surface area contributed by atoms with Crippen molar-refractivity contribution in [1.82, 2.24) is 9.88 Å². The van der Waals surface area contributed by atoms with Crippen molar-refractivity contribution in [2.75, 3.05) is 25.5 Å². The highest BCUT2D eigenvalue weighted by molar-refractivity contribution is 6.29. The van der Waals surface area contributed by atoms with E-state index in [4.69, 9.17) is 11.6 Å². The van der Waals surface area contributed by atoms with Crippen LogP contribution in [0.3, 0.4) is 0 Å². The summed E-state index contributed by atoms with van der Waals surface area (Å²) in [5.74, 6) is 0.732. The van der Waals surface area contributed by atoms with Crippen LogP contribution in [-0.2, 0) is 0 Å². The van der Waals surface area contributed by atoms with Crippen LogP contribution in [-0.4, -0.2) is 42.5 Å². The van der Waals surface area contributed by atoms with E-state index in [0.29, 0.717) is 22.6 Å². The van der Waals surface area contributed by atoms with Crippen LogP contribution >= 0.6 is 11.6 Å². The number of carbonyl (C=O) groups is 1. The normalized spacial score (nSPS) is 15.6. The Bertz CT molecular complexity index is 515. The van der Waals surface area contributed by atoms with Crippen molar-refractivity contribution in [3.63, 3.8) is 0 Å². The molecule has 1 fully saturated rings. The van der Waals surface area contributed by atoms with E-state index < -0.39 is 0 Å². The molecule has 0 N–H and O–H groups in total. The van der Waals surface area contributed by atoms with Gasteiger partial charge in [-0.1, -0.05) is 37.8 Å². The number of hydrogen-bond acceptors (Lipinski definition) is 3. The molecular formula is C17H26ClN3O. The summed E-state index contributed by atoms with van der Waals surface area (Å²) >= 11 is 6.03. The summed E-state index contributed by atoms with van der Waals surface area (Å²) in [7, 11) is 3.87. The van der Waals surface area contributed by atoms with Gasteiger partial charge in [-0.3, -0.25) is 4.79 Å². The molecule has 0 radical (unpaired) electrons. The predicted octanol–water partition coefficient (Wildman–Crippen LogP) is 3.99. The quantitative estimate of drug-likeness (QED) is 0.769. The molecule has 1 aliphatic carbocycles. The lowest BCUT2D eigenvalue weighted by molar-refractivity contribution is 0.0696. The van der Waals surface area contributed by atoms with Crippen molar-refractivity contribution in [2.24, 2.45) is 0 Å². The highest BCUT2D eigenvalue weighted by Gasteiger charge is 2.26. The molecule has 1 amide bonds. The van der Waals surface area contributed by atoms with E-state index in [-0.39, 0.29) is 5.91 Å². The summed E-state index contributed by atoms with van der Waals surface area (Å²) in [6.07, 6.45) is 6.91. The molecule has 0 aliphatic heterocycles. The molecule has 1 aromatic rings. The van der Waals surface area contributed by atoms with Crippen LogP contribution in [0.5, 0.6) is 0 Å². The lowest BCUT2D eigenvalue weighted by Gasteiger charge is -2.32. The molecule has 1 aliphatic rings. The predicted molar refractivity (Wildman–Crippen MR) is 91.8 cm³/mol. The smallest absolute Gasteiger partial charge is 0.257 e. The van der Waals surface area contributed by atoms with Gasteiger partial charge in [0.2, 0.25) is 0 Å². The van der Waals surface area contributed by atoms with Crippen LogP contribution in [0.1, 0.15) is 55.8 Å². The van der Waals surface area contributed by atoms with Crippen LogP contribution in [0.2, 0.25) is 5.15 Å². The molecular weight excluding hydrogens is 298 g/mol. The van der Waals surface area contributed by atoms with Crippen LogP contribution in [0.25, 0.3) is 0 Å². The monoisotopic (exact) mass is 323 g/mol. The van der Waals surface area contributed by atoms with Crippen LogP contribution in [0.4, 0.5) is 5.82 Å². The first-order valence-corrected chi connectivity index (χ1v) is 8.57. The fourth-order valence-electron chi connectivity index (χ4n) is 3.15. The Kier molecular flexibility index (Phi) is 6.07. The third kappa shape index (κ3) is 3.92. The van der Waals surface area contributed by atoms with E-state index in [1.54, 1.807) is 12.1 Å². The number of nitrogens with zero attached hydrogens (tertiary/aromatic N) is 3. The second-order valence-electron chi connectivity index (χ2n) is 6.13. The second-order valence-corrected chi connectivity index (χ2v) is 6.52. The zero-order valence-electron chi connectivity index (χ0n) is 13.8. The SMILES string of the molecule is CCCN(C)c1nc(Cl)ccc1C(=O)N(C)C1CCCCC1.